The SMILES string of the molecule is O=C(c1ccccc1-n1cccn1)N1CCc2c(nc[nH]c2=O)C1. The summed E-state index contributed by atoms with van der Waals surface area (Å²) >= 11 is 0. The van der Waals surface area contributed by atoms with Crippen LogP contribution in [0.4, 0.5) is 0 Å². The van der Waals surface area contributed by atoms with Crippen LogP contribution in [0.15, 0.2) is 53.8 Å². The van der Waals surface area contributed by atoms with E-state index in [1.807, 2.05) is 24.3 Å². The number of nitrogens with one attached hydrogen (secondary N) is 1. The van der Waals surface area contributed by atoms with Gasteiger partial charge < -0.3 is 9.88 Å². The highest BCUT2D eigenvalue weighted by Gasteiger charge is 2.26. The Labute approximate surface area is 137 Å². The highest BCUT2D eigenvalue weighted by Crippen LogP contribution is 2.20. The maximum atomic E-state index is 13.0. The minimum absolute atomic E-state index is 0.0890. The Kier molecular flexibility index (Phi) is 3.45. The number of hydrogen-bond donors (Lipinski definition) is 1. The third kappa shape index (κ3) is 2.40. The monoisotopic (exact) mass is 321 g/mol. The Morgan fingerprint density at radius 1 is 1.21 bits per heavy atom. The van der Waals surface area contributed by atoms with E-state index in [4.69, 9.17) is 0 Å². The third-order valence-electron chi connectivity index (χ3n) is 4.18. The third-order valence-corrected chi connectivity index (χ3v) is 4.18. The van der Waals surface area contributed by atoms with Crippen molar-refractivity contribution in [1.82, 2.24) is 24.6 Å². The lowest BCUT2D eigenvalue weighted by Crippen LogP contribution is -2.39. The van der Waals surface area contributed by atoms with Crippen LogP contribution in [0.25, 0.3) is 5.69 Å². The Balaban J connectivity index is 1.68. The number of carbonyl (C=O) groups excluding carboxylic acids is 1. The Morgan fingerprint density at radius 2 is 2.08 bits per heavy atom. The van der Waals surface area contributed by atoms with Crippen molar-refractivity contribution >= 4 is 5.91 Å². The van der Waals surface area contributed by atoms with E-state index < -0.39 is 0 Å². The van der Waals surface area contributed by atoms with Gasteiger partial charge in [-0.2, -0.15) is 5.10 Å². The van der Waals surface area contributed by atoms with Crippen molar-refractivity contribution in [3.63, 3.8) is 0 Å². The van der Waals surface area contributed by atoms with Gasteiger partial charge in [-0.15, -0.1) is 0 Å². The van der Waals surface area contributed by atoms with Crippen LogP contribution in [0.5, 0.6) is 0 Å². The molecule has 1 aliphatic rings. The molecule has 24 heavy (non-hydrogen) atoms. The second-order valence-corrected chi connectivity index (χ2v) is 5.60. The maximum Gasteiger partial charge on any atom is 0.256 e. The topological polar surface area (TPSA) is 83.9 Å². The summed E-state index contributed by atoms with van der Waals surface area (Å²) in [4.78, 5) is 33.3. The van der Waals surface area contributed by atoms with Crippen LogP contribution >= 0.6 is 0 Å². The summed E-state index contributed by atoms with van der Waals surface area (Å²) in [5.41, 5.74) is 2.52. The molecule has 1 amide bonds. The summed E-state index contributed by atoms with van der Waals surface area (Å²) in [6.07, 6.45) is 5.37. The molecule has 7 nitrogen and oxygen atoms in total. The van der Waals surface area contributed by atoms with Crippen molar-refractivity contribution in [2.24, 2.45) is 0 Å². The summed E-state index contributed by atoms with van der Waals surface area (Å²) in [6, 6.07) is 9.18. The average molecular weight is 321 g/mol. The maximum absolute atomic E-state index is 13.0. The van der Waals surface area contributed by atoms with Crippen molar-refractivity contribution < 1.29 is 4.79 Å². The van der Waals surface area contributed by atoms with E-state index in [0.29, 0.717) is 36.3 Å². The molecule has 1 N–H and O–H groups in total. The fourth-order valence-corrected chi connectivity index (χ4v) is 2.97. The van der Waals surface area contributed by atoms with Crippen LogP contribution in [0.3, 0.4) is 0 Å². The number of rotatable bonds is 2. The standard InChI is InChI=1S/C17H15N5O2/c23-16-12-6-9-21(10-14(12)18-11-19-16)17(24)13-4-1-2-5-15(13)22-8-3-7-20-22/h1-5,7-8,11H,6,9-10H2,(H,18,19,23). The summed E-state index contributed by atoms with van der Waals surface area (Å²) in [5.74, 6) is -0.0890. The molecular formula is C17H15N5O2. The second kappa shape index (κ2) is 5.77. The highest BCUT2D eigenvalue weighted by molar-refractivity contribution is 5.97. The summed E-state index contributed by atoms with van der Waals surface area (Å²) in [6.45, 7) is 0.833. The highest BCUT2D eigenvalue weighted by atomic mass is 16.2. The van der Waals surface area contributed by atoms with Gasteiger partial charge in [0.05, 0.1) is 29.8 Å². The Hall–Kier alpha value is -3.22. The summed E-state index contributed by atoms with van der Waals surface area (Å²) in [5, 5.41) is 4.21. The molecule has 0 saturated heterocycles. The van der Waals surface area contributed by atoms with E-state index in [1.165, 1.54) is 6.33 Å². The quantitative estimate of drug-likeness (QED) is 0.767. The van der Waals surface area contributed by atoms with Gasteiger partial charge in [0.15, 0.2) is 0 Å². The average Bonchev–Trinajstić information content (AvgIpc) is 3.15. The number of benzene rings is 1. The number of hydrogen-bond acceptors (Lipinski definition) is 4. The van der Waals surface area contributed by atoms with Crippen LogP contribution in [-0.4, -0.2) is 37.1 Å². The van der Waals surface area contributed by atoms with Crippen LogP contribution < -0.4 is 5.56 Å². The number of fused-ring (bicyclic) bond motifs is 1. The van der Waals surface area contributed by atoms with Crippen molar-refractivity contribution in [2.45, 2.75) is 13.0 Å². The van der Waals surface area contributed by atoms with E-state index in [1.54, 1.807) is 28.0 Å². The van der Waals surface area contributed by atoms with Crippen LogP contribution in [-0.2, 0) is 13.0 Å². The van der Waals surface area contributed by atoms with Gasteiger partial charge in [-0.3, -0.25) is 9.59 Å². The van der Waals surface area contributed by atoms with E-state index in [2.05, 4.69) is 15.1 Å². The van der Waals surface area contributed by atoms with Gasteiger partial charge in [-0.05, 0) is 24.6 Å². The molecule has 0 unspecified atom stereocenters. The summed E-state index contributed by atoms with van der Waals surface area (Å²) in [7, 11) is 0. The molecule has 0 fully saturated rings. The molecule has 0 atom stereocenters. The van der Waals surface area contributed by atoms with Gasteiger partial charge in [0.1, 0.15) is 0 Å². The molecule has 1 aromatic carbocycles. The fourth-order valence-electron chi connectivity index (χ4n) is 2.97. The van der Waals surface area contributed by atoms with Gasteiger partial charge >= 0.3 is 0 Å². The lowest BCUT2D eigenvalue weighted by atomic mass is 10.0. The molecule has 3 heterocycles. The summed E-state index contributed by atoms with van der Waals surface area (Å²) < 4.78 is 1.67. The van der Waals surface area contributed by atoms with Gasteiger partial charge in [0.2, 0.25) is 0 Å². The molecule has 2 aromatic heterocycles. The number of aromatic amines is 1. The number of para-hydroxylation sites is 1. The van der Waals surface area contributed by atoms with Gasteiger partial charge in [-0.25, -0.2) is 9.67 Å². The molecule has 1 aliphatic heterocycles. The molecule has 0 aliphatic carbocycles. The molecule has 0 saturated carbocycles. The number of H-pyrrole nitrogens is 1. The molecule has 0 spiro atoms. The molecule has 4 rings (SSSR count). The Morgan fingerprint density at radius 3 is 2.92 bits per heavy atom. The first-order valence-electron chi connectivity index (χ1n) is 7.68. The van der Waals surface area contributed by atoms with Crippen molar-refractivity contribution in [3.05, 3.63) is 76.2 Å². The smallest absolute Gasteiger partial charge is 0.256 e. The first kappa shape index (κ1) is 14.4. The zero-order valence-corrected chi connectivity index (χ0v) is 12.8. The molecule has 0 bridgehead atoms. The van der Waals surface area contributed by atoms with Gasteiger partial charge in [0.25, 0.3) is 11.5 Å². The number of amides is 1. The van der Waals surface area contributed by atoms with Crippen LogP contribution in [0.1, 0.15) is 21.6 Å². The molecule has 120 valence electrons. The predicted octanol–water partition coefficient (Wildman–Crippen LogP) is 1.15. The zero-order chi connectivity index (χ0) is 16.5. The lowest BCUT2D eigenvalue weighted by Gasteiger charge is -2.28. The minimum atomic E-state index is -0.121. The normalized spacial score (nSPS) is 13.6. The molecule has 3 aromatic rings. The van der Waals surface area contributed by atoms with Crippen LogP contribution in [0.2, 0.25) is 0 Å². The predicted molar refractivity (Wildman–Crippen MR) is 86.9 cm³/mol. The largest absolute Gasteiger partial charge is 0.332 e. The van der Waals surface area contributed by atoms with Crippen LogP contribution in [0, 0.1) is 0 Å². The zero-order valence-electron chi connectivity index (χ0n) is 12.8. The number of aromatic nitrogens is 4. The molecule has 0 radical (unpaired) electrons. The van der Waals surface area contributed by atoms with E-state index in [0.717, 1.165) is 5.69 Å². The fraction of sp³-hybridized carbons (Fsp3) is 0.176. The lowest BCUT2D eigenvalue weighted by molar-refractivity contribution is 0.0731. The van der Waals surface area contributed by atoms with Gasteiger partial charge in [-0.1, -0.05) is 12.1 Å². The van der Waals surface area contributed by atoms with Crippen molar-refractivity contribution in [1.29, 1.82) is 0 Å². The second-order valence-electron chi connectivity index (χ2n) is 5.60. The van der Waals surface area contributed by atoms with E-state index in [-0.39, 0.29) is 11.5 Å². The Bertz CT molecular complexity index is 946. The molecule has 7 heteroatoms. The van der Waals surface area contributed by atoms with E-state index >= 15 is 0 Å². The number of carbonyl (C=O) groups is 1. The first-order valence-corrected chi connectivity index (χ1v) is 7.68. The van der Waals surface area contributed by atoms with Crippen molar-refractivity contribution in [3.8, 4) is 5.69 Å². The molecular weight excluding hydrogens is 306 g/mol. The van der Waals surface area contributed by atoms with Gasteiger partial charge in [0, 0.05) is 24.5 Å². The first-order chi connectivity index (χ1) is 11.7. The van der Waals surface area contributed by atoms with Crippen molar-refractivity contribution in [2.75, 3.05) is 6.54 Å². The number of nitrogens with zero attached hydrogens (tertiary/aromatic N) is 4. The minimum Gasteiger partial charge on any atom is -0.332 e. The van der Waals surface area contributed by atoms with E-state index in [9.17, 15) is 9.59 Å².